The summed E-state index contributed by atoms with van der Waals surface area (Å²) in [4.78, 5) is 4.07. The van der Waals surface area contributed by atoms with E-state index in [1.54, 1.807) is 0 Å². The minimum atomic E-state index is 0.576. The molecule has 1 aliphatic rings. The molecule has 1 aliphatic heterocycles. The Balaban J connectivity index is 2.06. The molecule has 1 aromatic heterocycles. The highest BCUT2D eigenvalue weighted by Crippen LogP contribution is 2.26. The molecule has 2 atom stereocenters. The molecule has 0 saturated carbocycles. The van der Waals surface area contributed by atoms with Gasteiger partial charge in [0.1, 0.15) is 0 Å². The average molecular weight is 210 g/mol. The Hall–Kier alpha value is -0.380. The Morgan fingerprint density at radius 3 is 3.14 bits per heavy atom. The molecule has 0 bridgehead atoms. The summed E-state index contributed by atoms with van der Waals surface area (Å²) in [5, 5.41) is 5.59. The maximum absolute atomic E-state index is 3.43. The summed E-state index contributed by atoms with van der Waals surface area (Å²) in [6.45, 7) is 8.03. The van der Waals surface area contributed by atoms with E-state index in [1.807, 2.05) is 11.3 Å². The van der Waals surface area contributed by atoms with Gasteiger partial charge in [-0.25, -0.2) is 0 Å². The van der Waals surface area contributed by atoms with Gasteiger partial charge in [0.05, 0.1) is 0 Å². The maximum Gasteiger partial charge on any atom is 0.0417 e. The Morgan fingerprint density at radius 1 is 1.64 bits per heavy atom. The van der Waals surface area contributed by atoms with Crippen molar-refractivity contribution in [2.45, 2.75) is 25.9 Å². The molecule has 1 N–H and O–H groups in total. The van der Waals surface area contributed by atoms with Crippen molar-refractivity contribution in [1.29, 1.82) is 0 Å². The first kappa shape index (κ1) is 10.1. The van der Waals surface area contributed by atoms with Crippen molar-refractivity contribution < 1.29 is 0 Å². The molecule has 0 aliphatic carbocycles. The number of nitrogens with one attached hydrogen (secondary N) is 1. The van der Waals surface area contributed by atoms with Crippen molar-refractivity contribution in [3.63, 3.8) is 0 Å². The van der Waals surface area contributed by atoms with Gasteiger partial charge in [0.15, 0.2) is 0 Å². The molecule has 2 nitrogen and oxygen atoms in total. The maximum atomic E-state index is 3.43. The lowest BCUT2D eigenvalue weighted by Gasteiger charge is -2.38. The first-order valence-electron chi connectivity index (χ1n) is 5.29. The monoisotopic (exact) mass is 210 g/mol. The van der Waals surface area contributed by atoms with Crippen molar-refractivity contribution in [3.8, 4) is 0 Å². The van der Waals surface area contributed by atoms with E-state index in [1.165, 1.54) is 11.4 Å². The summed E-state index contributed by atoms with van der Waals surface area (Å²) in [5.74, 6) is 0. The van der Waals surface area contributed by atoms with E-state index in [2.05, 4.69) is 41.6 Å². The molecule has 1 fully saturated rings. The van der Waals surface area contributed by atoms with Gasteiger partial charge in [-0.1, -0.05) is 6.07 Å². The fourth-order valence-corrected chi connectivity index (χ4v) is 2.93. The average Bonchev–Trinajstić information content (AvgIpc) is 2.70. The number of hydrogen-bond acceptors (Lipinski definition) is 3. The number of piperazine rings is 1. The number of hydrogen-bond donors (Lipinski definition) is 1. The molecule has 0 radical (unpaired) electrons. The first-order valence-corrected chi connectivity index (χ1v) is 6.17. The number of thiophene rings is 1. The Kier molecular flexibility index (Phi) is 3.21. The molecular weight excluding hydrogens is 192 g/mol. The van der Waals surface area contributed by atoms with Crippen molar-refractivity contribution in [1.82, 2.24) is 10.2 Å². The smallest absolute Gasteiger partial charge is 0.0417 e. The van der Waals surface area contributed by atoms with E-state index >= 15 is 0 Å². The summed E-state index contributed by atoms with van der Waals surface area (Å²) >= 11 is 1.86. The van der Waals surface area contributed by atoms with Crippen LogP contribution in [0.25, 0.3) is 0 Å². The van der Waals surface area contributed by atoms with Crippen LogP contribution in [0.15, 0.2) is 17.5 Å². The summed E-state index contributed by atoms with van der Waals surface area (Å²) in [6, 6.07) is 5.61. The van der Waals surface area contributed by atoms with Crippen LogP contribution in [0.4, 0.5) is 0 Å². The zero-order valence-corrected chi connectivity index (χ0v) is 9.68. The van der Waals surface area contributed by atoms with Crippen molar-refractivity contribution in [3.05, 3.63) is 22.4 Å². The fourth-order valence-electron chi connectivity index (χ4n) is 2.12. The fraction of sp³-hybridized carbons (Fsp3) is 0.636. The minimum absolute atomic E-state index is 0.576. The molecule has 3 heteroatoms. The van der Waals surface area contributed by atoms with Crippen LogP contribution in [0.2, 0.25) is 0 Å². The van der Waals surface area contributed by atoms with Crippen LogP contribution in [0.3, 0.4) is 0 Å². The van der Waals surface area contributed by atoms with Crippen LogP contribution in [0, 0.1) is 0 Å². The predicted octanol–water partition coefficient (Wildman–Crippen LogP) is 2.10. The van der Waals surface area contributed by atoms with Gasteiger partial charge in [-0.05, 0) is 25.3 Å². The third-order valence-corrected chi connectivity index (χ3v) is 4.05. The van der Waals surface area contributed by atoms with E-state index in [4.69, 9.17) is 0 Å². The van der Waals surface area contributed by atoms with Crippen molar-refractivity contribution in [2.24, 2.45) is 0 Å². The molecule has 0 aromatic carbocycles. The molecule has 0 spiro atoms. The molecule has 2 heterocycles. The molecule has 2 rings (SSSR count). The Morgan fingerprint density at radius 2 is 2.50 bits per heavy atom. The van der Waals surface area contributed by atoms with Gasteiger partial charge in [0.25, 0.3) is 0 Å². The minimum Gasteiger partial charge on any atom is -0.314 e. The second-order valence-corrected chi connectivity index (χ2v) is 4.96. The highest BCUT2D eigenvalue weighted by atomic mass is 32.1. The van der Waals surface area contributed by atoms with E-state index in [-0.39, 0.29) is 0 Å². The van der Waals surface area contributed by atoms with E-state index in [9.17, 15) is 0 Å². The second kappa shape index (κ2) is 4.43. The number of nitrogens with zero attached hydrogens (tertiary/aromatic N) is 1. The highest BCUT2D eigenvalue weighted by Gasteiger charge is 2.24. The molecule has 78 valence electrons. The standard InChI is InChI=1S/C11H18N2S/c1-9-8-12-5-6-13(9)10(2)11-4-3-7-14-11/h3-4,7,9-10,12H,5-6,8H2,1-2H3/t9-,10-/m1/s1. The SMILES string of the molecule is C[C@@H]1CNCCN1[C@H](C)c1cccs1. The van der Waals surface area contributed by atoms with E-state index < -0.39 is 0 Å². The van der Waals surface area contributed by atoms with E-state index in [0.717, 1.165) is 13.1 Å². The summed E-state index contributed by atoms with van der Waals surface area (Å²) in [5.41, 5.74) is 0. The lowest BCUT2D eigenvalue weighted by Crippen LogP contribution is -2.50. The molecule has 14 heavy (non-hydrogen) atoms. The van der Waals surface area contributed by atoms with Crippen LogP contribution < -0.4 is 5.32 Å². The van der Waals surface area contributed by atoms with Gasteiger partial charge in [-0.2, -0.15) is 0 Å². The Labute approximate surface area is 89.9 Å². The van der Waals surface area contributed by atoms with E-state index in [0.29, 0.717) is 12.1 Å². The van der Waals surface area contributed by atoms with Crippen molar-refractivity contribution in [2.75, 3.05) is 19.6 Å². The van der Waals surface area contributed by atoms with Gasteiger partial charge < -0.3 is 5.32 Å². The van der Waals surface area contributed by atoms with Crippen molar-refractivity contribution >= 4 is 11.3 Å². The zero-order valence-electron chi connectivity index (χ0n) is 8.86. The van der Waals surface area contributed by atoms with Gasteiger partial charge in [-0.15, -0.1) is 11.3 Å². The van der Waals surface area contributed by atoms with Crippen LogP contribution in [-0.2, 0) is 0 Å². The van der Waals surface area contributed by atoms with Gasteiger partial charge >= 0.3 is 0 Å². The third kappa shape index (κ3) is 2.00. The second-order valence-electron chi connectivity index (χ2n) is 3.98. The normalized spacial score (nSPS) is 26.3. The molecule has 1 aromatic rings. The van der Waals surface area contributed by atoms with Gasteiger partial charge in [-0.3, -0.25) is 4.90 Å². The van der Waals surface area contributed by atoms with Crippen LogP contribution in [0.1, 0.15) is 24.8 Å². The van der Waals surface area contributed by atoms with Crippen LogP contribution in [-0.4, -0.2) is 30.6 Å². The Bertz CT molecular complexity index is 271. The molecule has 0 amide bonds. The zero-order chi connectivity index (χ0) is 9.97. The van der Waals surface area contributed by atoms with Crippen LogP contribution in [0.5, 0.6) is 0 Å². The predicted molar refractivity (Wildman–Crippen MR) is 61.8 cm³/mol. The summed E-state index contributed by atoms with van der Waals surface area (Å²) in [7, 11) is 0. The quantitative estimate of drug-likeness (QED) is 0.804. The largest absolute Gasteiger partial charge is 0.314 e. The first-order chi connectivity index (χ1) is 6.79. The lowest BCUT2D eigenvalue weighted by atomic mass is 10.1. The van der Waals surface area contributed by atoms with Gasteiger partial charge in [0.2, 0.25) is 0 Å². The van der Waals surface area contributed by atoms with Gasteiger partial charge in [0, 0.05) is 36.6 Å². The highest BCUT2D eigenvalue weighted by molar-refractivity contribution is 7.10. The lowest BCUT2D eigenvalue weighted by molar-refractivity contribution is 0.128. The van der Waals surface area contributed by atoms with Crippen LogP contribution >= 0.6 is 11.3 Å². The molecular formula is C11H18N2S. The topological polar surface area (TPSA) is 15.3 Å². The molecule has 1 saturated heterocycles. The summed E-state index contributed by atoms with van der Waals surface area (Å²) in [6.07, 6.45) is 0. The number of rotatable bonds is 2. The third-order valence-electron chi connectivity index (χ3n) is 3.01. The molecule has 0 unspecified atom stereocenters. The summed E-state index contributed by atoms with van der Waals surface area (Å²) < 4.78 is 0.